The van der Waals surface area contributed by atoms with Crippen molar-refractivity contribution in [3.05, 3.63) is 30.5 Å². The first-order chi connectivity index (χ1) is 6.42. The van der Waals surface area contributed by atoms with Crippen molar-refractivity contribution in [1.29, 1.82) is 0 Å². The summed E-state index contributed by atoms with van der Waals surface area (Å²) in [6, 6.07) is 4.02. The molecule has 68 valence electrons. The van der Waals surface area contributed by atoms with Gasteiger partial charge in [0.1, 0.15) is 5.82 Å². The normalized spacial score (nSPS) is 16.2. The molecule has 1 aromatic heterocycles. The van der Waals surface area contributed by atoms with Gasteiger partial charge in [-0.15, -0.1) is 0 Å². The molecule has 0 aromatic carbocycles. The van der Waals surface area contributed by atoms with E-state index in [2.05, 4.69) is 22.5 Å². The number of hydrogen-bond donors (Lipinski definition) is 0. The molecular formula is C11H14N2. The monoisotopic (exact) mass is 174 g/mol. The molecule has 0 atom stereocenters. The Hall–Kier alpha value is -1.31. The highest BCUT2D eigenvalue weighted by Crippen LogP contribution is 2.22. The Morgan fingerprint density at radius 3 is 2.85 bits per heavy atom. The zero-order chi connectivity index (χ0) is 9.10. The van der Waals surface area contributed by atoms with E-state index in [0.29, 0.717) is 0 Å². The van der Waals surface area contributed by atoms with Gasteiger partial charge in [-0.2, -0.15) is 0 Å². The van der Waals surface area contributed by atoms with E-state index < -0.39 is 0 Å². The summed E-state index contributed by atoms with van der Waals surface area (Å²) in [4.78, 5) is 6.72. The average Bonchev–Trinajstić information content (AvgIpc) is 2.70. The van der Waals surface area contributed by atoms with Crippen LogP contribution in [0, 0.1) is 0 Å². The maximum atomic E-state index is 4.39. The Kier molecular flexibility index (Phi) is 2.30. The second kappa shape index (κ2) is 3.60. The van der Waals surface area contributed by atoms with Crippen molar-refractivity contribution in [2.24, 2.45) is 0 Å². The molecule has 0 amide bonds. The average molecular weight is 174 g/mol. The highest BCUT2D eigenvalue weighted by molar-refractivity contribution is 5.62. The van der Waals surface area contributed by atoms with E-state index in [0.717, 1.165) is 24.5 Å². The molecule has 0 saturated carbocycles. The topological polar surface area (TPSA) is 16.1 Å². The molecule has 1 aliphatic heterocycles. The zero-order valence-electron chi connectivity index (χ0n) is 7.74. The lowest BCUT2D eigenvalue weighted by molar-refractivity contribution is 0.935. The van der Waals surface area contributed by atoms with Crippen LogP contribution in [-0.4, -0.2) is 18.1 Å². The van der Waals surface area contributed by atoms with Gasteiger partial charge in [-0.3, -0.25) is 0 Å². The molecule has 2 rings (SSSR count). The van der Waals surface area contributed by atoms with E-state index in [1.165, 1.54) is 12.8 Å². The molecule has 2 heterocycles. The van der Waals surface area contributed by atoms with Gasteiger partial charge < -0.3 is 4.90 Å². The number of hydrogen-bond acceptors (Lipinski definition) is 2. The fourth-order valence-corrected chi connectivity index (χ4v) is 1.76. The van der Waals surface area contributed by atoms with Crippen LogP contribution < -0.4 is 4.90 Å². The molecule has 0 aliphatic carbocycles. The Morgan fingerprint density at radius 1 is 1.38 bits per heavy atom. The van der Waals surface area contributed by atoms with Crippen molar-refractivity contribution < 1.29 is 0 Å². The zero-order valence-corrected chi connectivity index (χ0v) is 7.74. The lowest BCUT2D eigenvalue weighted by atomic mass is 10.2. The Morgan fingerprint density at radius 2 is 2.15 bits per heavy atom. The summed E-state index contributed by atoms with van der Waals surface area (Å²) in [5, 5.41) is 0. The van der Waals surface area contributed by atoms with Gasteiger partial charge in [0.15, 0.2) is 0 Å². The molecule has 0 radical (unpaired) electrons. The second-order valence-electron chi connectivity index (χ2n) is 3.31. The maximum Gasteiger partial charge on any atom is 0.135 e. The van der Waals surface area contributed by atoms with Gasteiger partial charge in [-0.1, -0.05) is 12.7 Å². The van der Waals surface area contributed by atoms with Gasteiger partial charge in [0.2, 0.25) is 0 Å². The molecule has 1 aromatic rings. The molecule has 0 N–H and O–H groups in total. The number of nitrogens with zero attached hydrogens (tertiary/aromatic N) is 2. The van der Waals surface area contributed by atoms with Crippen LogP contribution in [0.3, 0.4) is 0 Å². The molecule has 1 aliphatic rings. The van der Waals surface area contributed by atoms with Gasteiger partial charge in [0.25, 0.3) is 0 Å². The maximum absolute atomic E-state index is 4.39. The lowest BCUT2D eigenvalue weighted by Crippen LogP contribution is -2.19. The van der Waals surface area contributed by atoms with E-state index in [1.54, 1.807) is 0 Å². The molecule has 1 fully saturated rings. The van der Waals surface area contributed by atoms with Gasteiger partial charge in [-0.05, 0) is 25.0 Å². The van der Waals surface area contributed by atoms with Gasteiger partial charge in [0, 0.05) is 24.8 Å². The molecule has 2 heteroatoms. The van der Waals surface area contributed by atoms with Crippen molar-refractivity contribution in [2.75, 3.05) is 18.0 Å². The van der Waals surface area contributed by atoms with Crippen LogP contribution in [0.2, 0.25) is 0 Å². The summed E-state index contributed by atoms with van der Waals surface area (Å²) in [6.07, 6.45) is 6.29. The smallest absolute Gasteiger partial charge is 0.135 e. The van der Waals surface area contributed by atoms with E-state index in [4.69, 9.17) is 0 Å². The minimum Gasteiger partial charge on any atom is -0.356 e. The van der Waals surface area contributed by atoms with Gasteiger partial charge in [0.05, 0.1) is 0 Å². The number of pyridine rings is 1. The number of rotatable bonds is 2. The van der Waals surface area contributed by atoms with Crippen molar-refractivity contribution in [3.63, 3.8) is 0 Å². The van der Waals surface area contributed by atoms with Gasteiger partial charge >= 0.3 is 0 Å². The molecule has 13 heavy (non-hydrogen) atoms. The molecule has 0 bridgehead atoms. The van der Waals surface area contributed by atoms with Crippen molar-refractivity contribution >= 4 is 11.9 Å². The summed E-state index contributed by atoms with van der Waals surface area (Å²) in [6.45, 7) is 6.07. The van der Waals surface area contributed by atoms with Crippen molar-refractivity contribution in [3.8, 4) is 0 Å². The molecule has 0 unspecified atom stereocenters. The van der Waals surface area contributed by atoms with Crippen LogP contribution in [0.1, 0.15) is 18.4 Å². The SMILES string of the molecule is C=Cc1cccnc1N1CCCC1. The standard InChI is InChI=1S/C11H14N2/c1-2-10-6-5-7-12-11(10)13-8-3-4-9-13/h2,5-7H,1,3-4,8-9H2. The third-order valence-corrected chi connectivity index (χ3v) is 2.44. The summed E-state index contributed by atoms with van der Waals surface area (Å²) in [7, 11) is 0. The quantitative estimate of drug-likeness (QED) is 0.684. The molecule has 2 nitrogen and oxygen atoms in total. The number of anilines is 1. The fraction of sp³-hybridized carbons (Fsp3) is 0.364. The van der Waals surface area contributed by atoms with Crippen molar-refractivity contribution in [1.82, 2.24) is 4.98 Å². The summed E-state index contributed by atoms with van der Waals surface area (Å²) in [5.74, 6) is 1.09. The minimum absolute atomic E-state index is 1.09. The lowest BCUT2D eigenvalue weighted by Gasteiger charge is -2.18. The van der Waals surface area contributed by atoms with E-state index in [-0.39, 0.29) is 0 Å². The summed E-state index contributed by atoms with van der Waals surface area (Å²) in [5.41, 5.74) is 1.14. The molecular weight excluding hydrogens is 160 g/mol. The van der Waals surface area contributed by atoms with E-state index in [1.807, 2.05) is 18.3 Å². The summed E-state index contributed by atoms with van der Waals surface area (Å²) < 4.78 is 0. The highest BCUT2D eigenvalue weighted by atomic mass is 15.2. The van der Waals surface area contributed by atoms with Crippen LogP contribution in [-0.2, 0) is 0 Å². The largest absolute Gasteiger partial charge is 0.356 e. The predicted molar refractivity (Wildman–Crippen MR) is 55.8 cm³/mol. The third-order valence-electron chi connectivity index (χ3n) is 2.44. The van der Waals surface area contributed by atoms with Crippen LogP contribution in [0.15, 0.2) is 24.9 Å². The Bertz CT molecular complexity index is 301. The van der Waals surface area contributed by atoms with Crippen molar-refractivity contribution in [2.45, 2.75) is 12.8 Å². The van der Waals surface area contributed by atoms with Crippen LogP contribution in [0.5, 0.6) is 0 Å². The minimum atomic E-state index is 1.09. The third kappa shape index (κ3) is 1.57. The van der Waals surface area contributed by atoms with E-state index >= 15 is 0 Å². The van der Waals surface area contributed by atoms with Crippen LogP contribution >= 0.6 is 0 Å². The second-order valence-corrected chi connectivity index (χ2v) is 3.31. The first kappa shape index (κ1) is 8.30. The fourth-order valence-electron chi connectivity index (χ4n) is 1.76. The Balaban J connectivity index is 2.31. The molecule has 1 saturated heterocycles. The highest BCUT2D eigenvalue weighted by Gasteiger charge is 2.14. The predicted octanol–water partition coefficient (Wildman–Crippen LogP) is 2.32. The first-order valence-electron chi connectivity index (χ1n) is 4.74. The number of aromatic nitrogens is 1. The van der Waals surface area contributed by atoms with Crippen LogP contribution in [0.4, 0.5) is 5.82 Å². The first-order valence-corrected chi connectivity index (χ1v) is 4.74. The molecule has 0 spiro atoms. The summed E-state index contributed by atoms with van der Waals surface area (Å²) >= 11 is 0. The van der Waals surface area contributed by atoms with Gasteiger partial charge in [-0.25, -0.2) is 4.98 Å². The van der Waals surface area contributed by atoms with Crippen LogP contribution in [0.25, 0.3) is 6.08 Å². The Labute approximate surface area is 78.9 Å². The van der Waals surface area contributed by atoms with E-state index in [9.17, 15) is 0 Å².